The van der Waals surface area contributed by atoms with Crippen LogP contribution >= 0.6 is 11.3 Å². The standard InChI is InChI=1S/C19H20N4O4S/c20-17(25)16-11-5-2-1-3-7-13(11)28-19(16)21-14(24)8-9-15-22-18(23-27-15)12-6-4-10-26-12/h4,6,10H,1-3,5,7-9H2,(H2,20,25)(H,21,24). The average molecular weight is 400 g/mol. The zero-order chi connectivity index (χ0) is 19.5. The molecular weight excluding hydrogens is 380 g/mol. The Morgan fingerprint density at radius 1 is 1.25 bits per heavy atom. The molecule has 4 rings (SSSR count). The fraction of sp³-hybridized carbons (Fsp3) is 0.368. The Balaban J connectivity index is 1.42. The first-order valence-corrected chi connectivity index (χ1v) is 10.0. The molecule has 0 atom stereocenters. The zero-order valence-electron chi connectivity index (χ0n) is 15.2. The number of nitrogens with one attached hydrogen (secondary N) is 1. The van der Waals surface area contributed by atoms with Gasteiger partial charge in [0, 0.05) is 17.7 Å². The molecule has 28 heavy (non-hydrogen) atoms. The summed E-state index contributed by atoms with van der Waals surface area (Å²) in [5, 5.41) is 7.23. The molecule has 8 nitrogen and oxygen atoms in total. The predicted molar refractivity (Wildman–Crippen MR) is 103 cm³/mol. The SMILES string of the molecule is NC(=O)c1c(NC(=O)CCc2nc(-c3ccco3)no2)sc2c1CCCCC2. The van der Waals surface area contributed by atoms with Crippen LogP contribution in [0, 0.1) is 0 Å². The molecule has 0 unspecified atom stereocenters. The number of fused-ring (bicyclic) bond motifs is 1. The number of primary amides is 1. The molecule has 0 saturated heterocycles. The highest BCUT2D eigenvalue weighted by molar-refractivity contribution is 7.17. The molecule has 0 radical (unpaired) electrons. The van der Waals surface area contributed by atoms with Gasteiger partial charge >= 0.3 is 0 Å². The topological polar surface area (TPSA) is 124 Å². The maximum absolute atomic E-state index is 12.4. The third-order valence-corrected chi connectivity index (χ3v) is 5.90. The summed E-state index contributed by atoms with van der Waals surface area (Å²) < 4.78 is 10.4. The number of anilines is 1. The van der Waals surface area contributed by atoms with Gasteiger partial charge in [-0.1, -0.05) is 11.6 Å². The highest BCUT2D eigenvalue weighted by atomic mass is 32.1. The number of aryl methyl sites for hydroxylation is 2. The van der Waals surface area contributed by atoms with Crippen LogP contribution in [0.25, 0.3) is 11.6 Å². The van der Waals surface area contributed by atoms with E-state index in [1.165, 1.54) is 17.6 Å². The molecule has 3 heterocycles. The number of amides is 2. The highest BCUT2D eigenvalue weighted by Gasteiger charge is 2.24. The van der Waals surface area contributed by atoms with Crippen LogP contribution < -0.4 is 11.1 Å². The van der Waals surface area contributed by atoms with Gasteiger partial charge in [-0.25, -0.2) is 0 Å². The van der Waals surface area contributed by atoms with Crippen LogP contribution in [0.5, 0.6) is 0 Å². The Labute approximate surface area is 165 Å². The second kappa shape index (κ2) is 7.97. The third-order valence-electron chi connectivity index (χ3n) is 4.70. The zero-order valence-corrected chi connectivity index (χ0v) is 16.0. The monoisotopic (exact) mass is 400 g/mol. The molecule has 0 fully saturated rings. The first-order valence-electron chi connectivity index (χ1n) is 9.22. The van der Waals surface area contributed by atoms with Gasteiger partial charge in [-0.3, -0.25) is 9.59 Å². The minimum Gasteiger partial charge on any atom is -0.461 e. The van der Waals surface area contributed by atoms with E-state index in [1.807, 2.05) is 0 Å². The number of nitrogens with zero attached hydrogens (tertiary/aromatic N) is 2. The van der Waals surface area contributed by atoms with E-state index in [9.17, 15) is 9.59 Å². The summed E-state index contributed by atoms with van der Waals surface area (Å²) in [4.78, 5) is 29.8. The van der Waals surface area contributed by atoms with Gasteiger partial charge in [0.15, 0.2) is 5.76 Å². The molecular formula is C19H20N4O4S. The fourth-order valence-corrected chi connectivity index (χ4v) is 4.67. The average Bonchev–Trinajstić information content (AvgIpc) is 3.37. The Hall–Kier alpha value is -2.94. The maximum atomic E-state index is 12.4. The van der Waals surface area contributed by atoms with Crippen LogP contribution in [0.4, 0.5) is 5.00 Å². The van der Waals surface area contributed by atoms with Gasteiger partial charge in [0.1, 0.15) is 5.00 Å². The maximum Gasteiger partial charge on any atom is 0.251 e. The molecule has 3 aromatic rings. The van der Waals surface area contributed by atoms with E-state index in [1.54, 1.807) is 12.1 Å². The number of hydrogen-bond donors (Lipinski definition) is 2. The quantitative estimate of drug-likeness (QED) is 0.612. The minimum atomic E-state index is -0.491. The van der Waals surface area contributed by atoms with Crippen LogP contribution in [-0.2, 0) is 24.1 Å². The summed E-state index contributed by atoms with van der Waals surface area (Å²) >= 11 is 1.46. The molecule has 0 aromatic carbocycles. The number of aromatic nitrogens is 2. The molecule has 0 aliphatic heterocycles. The number of rotatable bonds is 6. The number of carbonyl (C=O) groups excluding carboxylic acids is 2. The summed E-state index contributed by atoms with van der Waals surface area (Å²) in [6.07, 6.45) is 6.99. The number of carbonyl (C=O) groups is 2. The van der Waals surface area contributed by atoms with Crippen molar-refractivity contribution in [3.05, 3.63) is 40.3 Å². The van der Waals surface area contributed by atoms with Crippen molar-refractivity contribution in [2.45, 2.75) is 44.9 Å². The van der Waals surface area contributed by atoms with Gasteiger partial charge in [-0.05, 0) is 43.4 Å². The number of nitrogens with two attached hydrogens (primary N) is 1. The smallest absolute Gasteiger partial charge is 0.251 e. The van der Waals surface area contributed by atoms with Crippen molar-refractivity contribution >= 4 is 28.2 Å². The van der Waals surface area contributed by atoms with Crippen molar-refractivity contribution in [3.63, 3.8) is 0 Å². The minimum absolute atomic E-state index is 0.153. The van der Waals surface area contributed by atoms with Crippen LogP contribution in [0.2, 0.25) is 0 Å². The molecule has 3 N–H and O–H groups in total. The van der Waals surface area contributed by atoms with Gasteiger partial charge in [0.05, 0.1) is 11.8 Å². The van der Waals surface area contributed by atoms with Gasteiger partial charge in [0.25, 0.3) is 5.91 Å². The van der Waals surface area contributed by atoms with Gasteiger partial charge < -0.3 is 20.0 Å². The Kier molecular flexibility index (Phi) is 5.25. The molecule has 2 amide bonds. The van der Waals surface area contributed by atoms with E-state index in [-0.39, 0.29) is 18.7 Å². The fourth-order valence-electron chi connectivity index (χ4n) is 3.36. The summed E-state index contributed by atoms with van der Waals surface area (Å²) in [6.45, 7) is 0. The van der Waals surface area contributed by atoms with E-state index >= 15 is 0 Å². The van der Waals surface area contributed by atoms with Crippen molar-refractivity contribution in [1.82, 2.24) is 10.1 Å². The normalized spacial score (nSPS) is 13.7. The van der Waals surface area contributed by atoms with E-state index in [4.69, 9.17) is 14.7 Å². The molecule has 0 bridgehead atoms. The van der Waals surface area contributed by atoms with E-state index < -0.39 is 5.91 Å². The number of furan rings is 1. The van der Waals surface area contributed by atoms with E-state index in [0.29, 0.717) is 28.0 Å². The summed E-state index contributed by atoms with van der Waals surface area (Å²) in [7, 11) is 0. The molecule has 3 aromatic heterocycles. The second-order valence-corrected chi connectivity index (χ2v) is 7.78. The summed E-state index contributed by atoms with van der Waals surface area (Å²) in [5.74, 6) is 0.481. The van der Waals surface area contributed by atoms with Crippen molar-refractivity contribution in [1.29, 1.82) is 0 Å². The van der Waals surface area contributed by atoms with Crippen LogP contribution in [-0.4, -0.2) is 22.0 Å². The third kappa shape index (κ3) is 3.84. The van der Waals surface area contributed by atoms with Gasteiger partial charge in [-0.15, -0.1) is 11.3 Å². The van der Waals surface area contributed by atoms with Crippen LogP contribution in [0.15, 0.2) is 27.3 Å². The lowest BCUT2D eigenvalue weighted by Crippen LogP contribution is -2.18. The van der Waals surface area contributed by atoms with Gasteiger partial charge in [-0.2, -0.15) is 4.98 Å². The first kappa shape index (κ1) is 18.4. The Bertz CT molecular complexity index is 990. The Morgan fingerprint density at radius 2 is 2.11 bits per heavy atom. The lowest BCUT2D eigenvalue weighted by Gasteiger charge is -2.05. The van der Waals surface area contributed by atoms with Gasteiger partial charge in [0.2, 0.25) is 17.6 Å². The molecule has 146 valence electrons. The number of hydrogen-bond acceptors (Lipinski definition) is 7. The highest BCUT2D eigenvalue weighted by Crippen LogP contribution is 2.37. The lowest BCUT2D eigenvalue weighted by atomic mass is 10.1. The van der Waals surface area contributed by atoms with Crippen LogP contribution in [0.3, 0.4) is 0 Å². The first-order chi connectivity index (χ1) is 13.6. The van der Waals surface area contributed by atoms with Crippen molar-refractivity contribution < 1.29 is 18.5 Å². The molecule has 9 heteroatoms. The summed E-state index contributed by atoms with van der Waals surface area (Å²) in [5.41, 5.74) is 7.07. The summed E-state index contributed by atoms with van der Waals surface area (Å²) in [6, 6.07) is 3.46. The second-order valence-electron chi connectivity index (χ2n) is 6.67. The molecule has 0 saturated carbocycles. The molecule has 1 aliphatic carbocycles. The van der Waals surface area contributed by atoms with E-state index in [0.717, 1.165) is 42.5 Å². The van der Waals surface area contributed by atoms with Crippen molar-refractivity contribution in [2.24, 2.45) is 5.73 Å². The Morgan fingerprint density at radius 3 is 2.89 bits per heavy atom. The van der Waals surface area contributed by atoms with Crippen LogP contribution in [0.1, 0.15) is 52.4 Å². The predicted octanol–water partition coefficient (Wildman–Crippen LogP) is 3.33. The van der Waals surface area contributed by atoms with Crippen molar-refractivity contribution in [2.75, 3.05) is 5.32 Å². The van der Waals surface area contributed by atoms with Crippen molar-refractivity contribution in [3.8, 4) is 11.6 Å². The molecule has 1 aliphatic rings. The lowest BCUT2D eigenvalue weighted by molar-refractivity contribution is -0.116. The molecule has 0 spiro atoms. The number of thiophene rings is 1. The van der Waals surface area contributed by atoms with E-state index in [2.05, 4.69) is 15.5 Å². The largest absolute Gasteiger partial charge is 0.461 e.